The summed E-state index contributed by atoms with van der Waals surface area (Å²) in [5.41, 5.74) is -0.755. The van der Waals surface area contributed by atoms with Crippen molar-refractivity contribution in [3.05, 3.63) is 46.3 Å². The number of aliphatic hydroxyl groups is 4. The maximum Gasteiger partial charge on any atom is 0.344 e. The fourth-order valence-corrected chi connectivity index (χ4v) is 3.80. The van der Waals surface area contributed by atoms with Gasteiger partial charge in [0.15, 0.2) is 11.4 Å². The van der Waals surface area contributed by atoms with Gasteiger partial charge in [0.05, 0.1) is 19.1 Å². The van der Waals surface area contributed by atoms with Crippen molar-refractivity contribution >= 4 is 27.5 Å². The standard InChI is InChI=1S/C22H22O10/c1-9(24)16-14(30-22-19(27)18(26)17(25)15(8-23)31-22)6-5-11-13-7-10(29-2)3-4-12(13)21(28)32-20(11)16/h3-7,15,17-19,22-23,25-27H,8H2,1-2H3/t15-,17-,18+,19-,22-/m1/s1. The Morgan fingerprint density at radius 3 is 2.41 bits per heavy atom. The average molecular weight is 446 g/mol. The molecule has 0 amide bonds. The highest BCUT2D eigenvalue weighted by atomic mass is 16.7. The molecule has 0 bridgehead atoms. The van der Waals surface area contributed by atoms with Crippen molar-refractivity contribution in [1.29, 1.82) is 0 Å². The van der Waals surface area contributed by atoms with Crippen LogP contribution in [0.5, 0.6) is 11.5 Å². The summed E-state index contributed by atoms with van der Waals surface area (Å²) in [6.45, 7) is 0.621. The molecule has 1 aliphatic heterocycles. The van der Waals surface area contributed by atoms with E-state index in [0.717, 1.165) is 0 Å². The highest BCUT2D eigenvalue weighted by Crippen LogP contribution is 2.35. The average Bonchev–Trinajstić information content (AvgIpc) is 2.78. The Labute approximate surface area is 181 Å². The lowest BCUT2D eigenvalue weighted by Gasteiger charge is -2.39. The number of fused-ring (bicyclic) bond motifs is 3. The number of rotatable bonds is 5. The molecule has 0 spiro atoms. The molecule has 4 rings (SSSR count). The van der Waals surface area contributed by atoms with Crippen LogP contribution >= 0.6 is 0 Å². The maximum atomic E-state index is 12.6. The lowest BCUT2D eigenvalue weighted by atomic mass is 9.99. The molecule has 0 saturated carbocycles. The Morgan fingerprint density at radius 2 is 1.75 bits per heavy atom. The van der Waals surface area contributed by atoms with Crippen LogP contribution in [-0.4, -0.2) is 70.6 Å². The minimum atomic E-state index is -1.67. The van der Waals surface area contributed by atoms with Crippen LogP contribution in [0.15, 0.2) is 39.5 Å². The van der Waals surface area contributed by atoms with Gasteiger partial charge in [-0.25, -0.2) is 4.79 Å². The third-order valence-corrected chi connectivity index (χ3v) is 5.49. The molecule has 0 unspecified atom stereocenters. The van der Waals surface area contributed by atoms with E-state index >= 15 is 0 Å². The lowest BCUT2D eigenvalue weighted by molar-refractivity contribution is -0.277. The molecule has 1 saturated heterocycles. The molecular weight excluding hydrogens is 424 g/mol. The number of aliphatic hydroxyl groups excluding tert-OH is 4. The number of carbonyl (C=O) groups is 1. The number of hydrogen-bond acceptors (Lipinski definition) is 10. The summed E-state index contributed by atoms with van der Waals surface area (Å²) >= 11 is 0. The van der Waals surface area contributed by atoms with Crippen LogP contribution in [0, 0.1) is 0 Å². The van der Waals surface area contributed by atoms with E-state index in [9.17, 15) is 30.0 Å². The quantitative estimate of drug-likeness (QED) is 0.245. The predicted octanol–water partition coefficient (Wildman–Crippen LogP) is 0.336. The van der Waals surface area contributed by atoms with Gasteiger partial charge in [-0.05, 0) is 37.3 Å². The molecule has 32 heavy (non-hydrogen) atoms. The van der Waals surface area contributed by atoms with Crippen LogP contribution < -0.4 is 15.1 Å². The van der Waals surface area contributed by atoms with Crippen molar-refractivity contribution in [2.24, 2.45) is 0 Å². The Hall–Kier alpha value is -3.02. The molecule has 3 aromatic rings. The van der Waals surface area contributed by atoms with Gasteiger partial charge in [-0.15, -0.1) is 0 Å². The van der Waals surface area contributed by atoms with Crippen LogP contribution in [0.1, 0.15) is 17.3 Å². The lowest BCUT2D eigenvalue weighted by Crippen LogP contribution is -2.60. The Bertz CT molecular complexity index is 1230. The van der Waals surface area contributed by atoms with E-state index in [2.05, 4.69) is 0 Å². The number of methoxy groups -OCH3 is 1. The first kappa shape index (κ1) is 22.2. The van der Waals surface area contributed by atoms with Crippen LogP contribution in [0.25, 0.3) is 21.7 Å². The SMILES string of the molecule is COc1ccc2c(=O)oc3c(C(C)=O)c(O[C@@H]4O[C@H](CO)[C@@H](O)[C@H](O)[C@H]4O)ccc3c2c1. The van der Waals surface area contributed by atoms with Gasteiger partial charge < -0.3 is 39.1 Å². The van der Waals surface area contributed by atoms with Gasteiger partial charge in [0, 0.05) is 10.8 Å². The molecule has 10 nitrogen and oxygen atoms in total. The second kappa shape index (κ2) is 8.49. The van der Waals surface area contributed by atoms with Gasteiger partial charge in [0.2, 0.25) is 6.29 Å². The first-order valence-corrected chi connectivity index (χ1v) is 9.82. The maximum absolute atomic E-state index is 12.6. The van der Waals surface area contributed by atoms with Crippen LogP contribution in [0.4, 0.5) is 0 Å². The molecule has 0 radical (unpaired) electrons. The smallest absolute Gasteiger partial charge is 0.344 e. The molecule has 2 heterocycles. The van der Waals surface area contributed by atoms with Gasteiger partial charge in [-0.1, -0.05) is 0 Å². The van der Waals surface area contributed by atoms with E-state index in [4.69, 9.17) is 18.6 Å². The second-order valence-electron chi connectivity index (χ2n) is 7.49. The first-order chi connectivity index (χ1) is 15.3. The number of ketones is 1. The molecule has 5 atom stereocenters. The topological polar surface area (TPSA) is 156 Å². The zero-order chi connectivity index (χ0) is 23.2. The van der Waals surface area contributed by atoms with Crippen molar-refractivity contribution in [1.82, 2.24) is 0 Å². The van der Waals surface area contributed by atoms with E-state index < -0.39 is 48.7 Å². The number of hydrogen-bond donors (Lipinski definition) is 4. The Kier molecular flexibility index (Phi) is 5.89. The molecule has 4 N–H and O–H groups in total. The summed E-state index contributed by atoms with van der Waals surface area (Å²) in [4.78, 5) is 25.1. The van der Waals surface area contributed by atoms with Gasteiger partial charge >= 0.3 is 5.63 Å². The first-order valence-electron chi connectivity index (χ1n) is 9.82. The largest absolute Gasteiger partial charge is 0.497 e. The van der Waals surface area contributed by atoms with Crippen LogP contribution in [-0.2, 0) is 4.74 Å². The summed E-state index contributed by atoms with van der Waals surface area (Å²) in [6.07, 6.45) is -7.57. The monoisotopic (exact) mass is 446 g/mol. The molecule has 1 aliphatic rings. The third kappa shape index (κ3) is 3.61. The fourth-order valence-electron chi connectivity index (χ4n) is 3.80. The predicted molar refractivity (Wildman–Crippen MR) is 111 cm³/mol. The fraction of sp³-hybridized carbons (Fsp3) is 0.364. The minimum absolute atomic E-state index is 0.0228. The third-order valence-electron chi connectivity index (χ3n) is 5.49. The zero-order valence-corrected chi connectivity index (χ0v) is 17.2. The van der Waals surface area contributed by atoms with E-state index in [-0.39, 0.29) is 16.9 Å². The summed E-state index contributed by atoms with van der Waals surface area (Å²) in [5, 5.41) is 40.8. The van der Waals surface area contributed by atoms with Gasteiger partial charge in [0.1, 0.15) is 41.5 Å². The summed E-state index contributed by atoms with van der Waals surface area (Å²) < 4.78 is 21.7. The van der Waals surface area contributed by atoms with Crippen molar-refractivity contribution in [3.63, 3.8) is 0 Å². The number of benzene rings is 2. The van der Waals surface area contributed by atoms with E-state index in [0.29, 0.717) is 21.9 Å². The Morgan fingerprint density at radius 1 is 1.03 bits per heavy atom. The van der Waals surface area contributed by atoms with E-state index in [1.165, 1.54) is 20.1 Å². The van der Waals surface area contributed by atoms with E-state index in [1.54, 1.807) is 24.3 Å². The molecule has 0 aliphatic carbocycles. The van der Waals surface area contributed by atoms with Gasteiger partial charge in [-0.2, -0.15) is 0 Å². The highest BCUT2D eigenvalue weighted by molar-refractivity contribution is 6.14. The molecule has 2 aromatic carbocycles. The van der Waals surface area contributed by atoms with Crippen LogP contribution in [0.3, 0.4) is 0 Å². The number of carbonyl (C=O) groups excluding carboxylic acids is 1. The van der Waals surface area contributed by atoms with Gasteiger partial charge in [-0.3, -0.25) is 4.79 Å². The Balaban J connectivity index is 1.86. The molecular formula is C22H22O10. The minimum Gasteiger partial charge on any atom is -0.497 e. The molecule has 10 heteroatoms. The normalized spacial score (nSPS) is 25.8. The van der Waals surface area contributed by atoms with Crippen molar-refractivity contribution < 1.29 is 43.8 Å². The number of Topliss-reactive ketones (excluding diaryl/α,β-unsaturated/α-hetero) is 1. The van der Waals surface area contributed by atoms with Gasteiger partial charge in [0.25, 0.3) is 0 Å². The molecule has 1 aromatic heterocycles. The zero-order valence-electron chi connectivity index (χ0n) is 17.2. The summed E-state index contributed by atoms with van der Waals surface area (Å²) in [5.74, 6) is -0.0456. The van der Waals surface area contributed by atoms with Crippen molar-refractivity contribution in [2.45, 2.75) is 37.6 Å². The second-order valence-corrected chi connectivity index (χ2v) is 7.49. The van der Waals surface area contributed by atoms with Crippen LogP contribution in [0.2, 0.25) is 0 Å². The summed E-state index contributed by atoms with van der Waals surface area (Å²) in [7, 11) is 1.49. The van der Waals surface area contributed by atoms with Crippen molar-refractivity contribution in [2.75, 3.05) is 13.7 Å². The molecule has 1 fully saturated rings. The summed E-state index contributed by atoms with van der Waals surface area (Å²) in [6, 6.07) is 7.85. The molecule has 170 valence electrons. The van der Waals surface area contributed by atoms with Crippen molar-refractivity contribution in [3.8, 4) is 11.5 Å². The number of ether oxygens (including phenoxy) is 3. The van der Waals surface area contributed by atoms with E-state index in [1.807, 2.05) is 0 Å². The highest BCUT2D eigenvalue weighted by Gasteiger charge is 2.45.